The van der Waals surface area contributed by atoms with Crippen LogP contribution in [-0.2, 0) is 29.4 Å². The van der Waals surface area contributed by atoms with E-state index in [1.165, 1.54) is 0 Å². The largest absolute Gasteiger partial charge is 0.381 e. The van der Waals surface area contributed by atoms with Crippen molar-refractivity contribution in [2.24, 2.45) is 12.2 Å². The molecule has 3 N–H and O–H groups in total. The van der Waals surface area contributed by atoms with Gasteiger partial charge in [-0.3, -0.25) is 4.68 Å². The minimum Gasteiger partial charge on any atom is -0.381 e. The van der Waals surface area contributed by atoms with E-state index in [9.17, 15) is 8.42 Å². The molecule has 0 radical (unpaired) electrons. The first-order valence-electron chi connectivity index (χ1n) is 5.73. The average molecular weight is 280 g/mol. The van der Waals surface area contributed by atoms with E-state index >= 15 is 0 Å². The third-order valence-electron chi connectivity index (χ3n) is 2.58. The molecule has 0 aliphatic rings. The third kappa shape index (κ3) is 4.38. The summed E-state index contributed by atoms with van der Waals surface area (Å²) in [6, 6.07) is 7.15. The zero-order valence-corrected chi connectivity index (χ0v) is 11.4. The highest BCUT2D eigenvalue weighted by molar-refractivity contribution is 7.88. The number of sulfonamides is 1. The molecular weight excluding hydrogens is 264 g/mol. The van der Waals surface area contributed by atoms with E-state index in [-0.39, 0.29) is 5.75 Å². The van der Waals surface area contributed by atoms with Crippen LogP contribution in [0.3, 0.4) is 0 Å². The average Bonchev–Trinajstić information content (AvgIpc) is 2.72. The van der Waals surface area contributed by atoms with Crippen LogP contribution in [0.5, 0.6) is 0 Å². The first kappa shape index (κ1) is 13.6. The fourth-order valence-electron chi connectivity index (χ4n) is 1.72. The zero-order chi connectivity index (χ0) is 13.9. The number of hydrogen-bond acceptors (Lipinski definition) is 4. The van der Waals surface area contributed by atoms with Crippen molar-refractivity contribution in [3.63, 3.8) is 0 Å². The first-order chi connectivity index (χ1) is 8.92. The predicted octanol–water partition coefficient (Wildman–Crippen LogP) is 0.821. The Kier molecular flexibility index (Phi) is 3.87. The molecule has 102 valence electrons. The molecule has 6 nitrogen and oxygen atoms in total. The smallest absolute Gasteiger partial charge is 0.213 e. The number of primary sulfonamides is 1. The first-order valence-corrected chi connectivity index (χ1v) is 7.45. The molecule has 0 spiro atoms. The highest BCUT2D eigenvalue weighted by Gasteiger charge is 2.04. The summed E-state index contributed by atoms with van der Waals surface area (Å²) in [6.07, 6.45) is 3.73. The highest BCUT2D eigenvalue weighted by Crippen LogP contribution is 2.12. The molecule has 0 saturated carbocycles. The molecule has 19 heavy (non-hydrogen) atoms. The Morgan fingerprint density at radius 1 is 1.26 bits per heavy atom. The monoisotopic (exact) mass is 280 g/mol. The maximum Gasteiger partial charge on any atom is 0.213 e. The number of nitrogens with zero attached hydrogens (tertiary/aromatic N) is 2. The van der Waals surface area contributed by atoms with E-state index in [4.69, 9.17) is 5.14 Å². The Hall–Kier alpha value is -1.86. The third-order valence-corrected chi connectivity index (χ3v) is 3.31. The van der Waals surface area contributed by atoms with Gasteiger partial charge in [-0.15, -0.1) is 0 Å². The quantitative estimate of drug-likeness (QED) is 0.848. The molecule has 0 aliphatic heterocycles. The molecule has 1 heterocycles. The Morgan fingerprint density at radius 2 is 1.95 bits per heavy atom. The topological polar surface area (TPSA) is 90.0 Å². The lowest BCUT2D eigenvalue weighted by Gasteiger charge is -2.06. The fraction of sp³-hybridized carbons (Fsp3) is 0.250. The molecule has 1 aromatic heterocycles. The van der Waals surface area contributed by atoms with Gasteiger partial charge in [-0.2, -0.15) is 5.10 Å². The molecule has 0 unspecified atom stereocenters. The van der Waals surface area contributed by atoms with Crippen LogP contribution >= 0.6 is 0 Å². The van der Waals surface area contributed by atoms with Gasteiger partial charge in [0.05, 0.1) is 11.9 Å². The van der Waals surface area contributed by atoms with Crippen molar-refractivity contribution < 1.29 is 8.42 Å². The van der Waals surface area contributed by atoms with Gasteiger partial charge in [-0.1, -0.05) is 12.1 Å². The molecule has 0 fully saturated rings. The molecule has 2 aromatic rings. The molecule has 1 aromatic carbocycles. The second-order valence-electron chi connectivity index (χ2n) is 4.38. The van der Waals surface area contributed by atoms with E-state index in [0.29, 0.717) is 12.1 Å². The second kappa shape index (κ2) is 5.41. The lowest BCUT2D eigenvalue weighted by molar-refractivity contribution is 0.597. The van der Waals surface area contributed by atoms with E-state index in [2.05, 4.69) is 10.4 Å². The van der Waals surface area contributed by atoms with Crippen molar-refractivity contribution in [1.82, 2.24) is 9.78 Å². The maximum atomic E-state index is 11.0. The Morgan fingerprint density at radius 3 is 2.47 bits per heavy atom. The van der Waals surface area contributed by atoms with Gasteiger partial charge in [0.1, 0.15) is 0 Å². The molecule has 0 saturated heterocycles. The van der Waals surface area contributed by atoms with Crippen molar-refractivity contribution in [2.45, 2.75) is 12.3 Å². The van der Waals surface area contributed by atoms with Crippen molar-refractivity contribution in [2.75, 3.05) is 5.32 Å². The van der Waals surface area contributed by atoms with Crippen LogP contribution < -0.4 is 10.5 Å². The van der Waals surface area contributed by atoms with Gasteiger partial charge in [-0.25, -0.2) is 13.6 Å². The van der Waals surface area contributed by atoms with Gasteiger partial charge in [0.25, 0.3) is 0 Å². The number of aromatic nitrogens is 2. The Labute approximate surface area is 112 Å². The lowest BCUT2D eigenvalue weighted by Crippen LogP contribution is -2.14. The molecule has 0 atom stereocenters. The summed E-state index contributed by atoms with van der Waals surface area (Å²) < 4.78 is 23.6. The number of hydrogen-bond donors (Lipinski definition) is 2. The van der Waals surface area contributed by atoms with Gasteiger partial charge in [0.2, 0.25) is 10.0 Å². The van der Waals surface area contributed by atoms with Gasteiger partial charge in [0, 0.05) is 31.0 Å². The molecule has 2 rings (SSSR count). The highest BCUT2D eigenvalue weighted by atomic mass is 32.2. The fourth-order valence-corrected chi connectivity index (χ4v) is 2.38. The van der Waals surface area contributed by atoms with Crippen LogP contribution in [0.4, 0.5) is 5.69 Å². The molecule has 0 aliphatic carbocycles. The van der Waals surface area contributed by atoms with E-state index in [1.54, 1.807) is 23.0 Å². The van der Waals surface area contributed by atoms with E-state index in [0.717, 1.165) is 11.3 Å². The normalized spacial score (nSPS) is 11.5. The molecule has 0 amide bonds. The standard InChI is InChI=1S/C12H16N4O2S/c1-16-8-11(7-15-16)6-14-12-4-2-10(3-5-12)9-19(13,17)18/h2-5,7-8,14H,6,9H2,1H3,(H2,13,17,18). The van der Waals surface area contributed by atoms with Crippen LogP contribution in [0.2, 0.25) is 0 Å². The zero-order valence-electron chi connectivity index (χ0n) is 10.6. The van der Waals surface area contributed by atoms with Crippen LogP contribution in [0.15, 0.2) is 36.7 Å². The van der Waals surface area contributed by atoms with Crippen LogP contribution in [-0.4, -0.2) is 18.2 Å². The summed E-state index contributed by atoms with van der Waals surface area (Å²) in [4.78, 5) is 0. The van der Waals surface area contributed by atoms with Gasteiger partial charge in [0.15, 0.2) is 0 Å². The summed E-state index contributed by atoms with van der Waals surface area (Å²) in [5.74, 6) is -0.143. The number of rotatable bonds is 5. The second-order valence-corrected chi connectivity index (χ2v) is 5.99. The summed E-state index contributed by atoms with van der Waals surface area (Å²) in [5, 5.41) is 12.3. The number of nitrogens with one attached hydrogen (secondary N) is 1. The van der Waals surface area contributed by atoms with Gasteiger partial charge >= 0.3 is 0 Å². The lowest BCUT2D eigenvalue weighted by atomic mass is 10.2. The molecular formula is C12H16N4O2S. The van der Waals surface area contributed by atoms with Crippen molar-refractivity contribution >= 4 is 15.7 Å². The summed E-state index contributed by atoms with van der Waals surface area (Å²) in [6.45, 7) is 0.669. The van der Waals surface area contributed by atoms with Crippen LogP contribution in [0.25, 0.3) is 0 Å². The predicted molar refractivity (Wildman–Crippen MR) is 73.8 cm³/mol. The van der Waals surface area contributed by atoms with E-state index in [1.807, 2.05) is 25.4 Å². The van der Waals surface area contributed by atoms with Crippen LogP contribution in [0, 0.1) is 0 Å². The minimum atomic E-state index is -3.47. The van der Waals surface area contributed by atoms with Gasteiger partial charge in [-0.05, 0) is 17.7 Å². The SMILES string of the molecule is Cn1cc(CNc2ccc(CS(N)(=O)=O)cc2)cn1. The maximum absolute atomic E-state index is 11.0. The number of aryl methyl sites for hydroxylation is 1. The summed E-state index contributed by atoms with van der Waals surface area (Å²) >= 11 is 0. The van der Waals surface area contributed by atoms with Crippen molar-refractivity contribution in [3.8, 4) is 0 Å². The van der Waals surface area contributed by atoms with Crippen molar-refractivity contribution in [3.05, 3.63) is 47.8 Å². The number of anilines is 1. The van der Waals surface area contributed by atoms with Crippen molar-refractivity contribution in [1.29, 1.82) is 0 Å². The number of benzene rings is 1. The van der Waals surface area contributed by atoms with E-state index < -0.39 is 10.0 Å². The Bertz CT molecular complexity index is 647. The van der Waals surface area contributed by atoms with Gasteiger partial charge < -0.3 is 5.32 Å². The minimum absolute atomic E-state index is 0.143. The number of nitrogens with two attached hydrogens (primary N) is 1. The summed E-state index contributed by atoms with van der Waals surface area (Å²) in [7, 11) is -1.61. The summed E-state index contributed by atoms with van der Waals surface area (Å²) in [5.41, 5.74) is 2.67. The molecule has 7 heteroatoms. The van der Waals surface area contributed by atoms with Crippen LogP contribution in [0.1, 0.15) is 11.1 Å². The Balaban J connectivity index is 1.95. The molecule has 0 bridgehead atoms.